The van der Waals surface area contributed by atoms with Crippen molar-refractivity contribution in [3.05, 3.63) is 35.9 Å². The minimum atomic E-state index is -1.20. The first-order valence-corrected chi connectivity index (χ1v) is 4.89. The second-order valence-electron chi connectivity index (χ2n) is 3.78. The molecule has 0 aliphatic rings. The summed E-state index contributed by atoms with van der Waals surface area (Å²) in [6.07, 6.45) is 0. The number of carboxylic acid groups (broad SMARTS) is 1. The van der Waals surface area contributed by atoms with Crippen LogP contribution in [0.1, 0.15) is 19.4 Å². The molecule has 0 fully saturated rings. The SMILES string of the molecule is CC(=O)OC[C@](C)(C(=O)O)c1ccccc1. The van der Waals surface area contributed by atoms with E-state index in [1.807, 2.05) is 0 Å². The fourth-order valence-electron chi connectivity index (χ4n) is 1.32. The van der Waals surface area contributed by atoms with Crippen molar-refractivity contribution < 1.29 is 19.4 Å². The van der Waals surface area contributed by atoms with E-state index in [1.54, 1.807) is 30.3 Å². The topological polar surface area (TPSA) is 63.6 Å². The molecular weight excluding hydrogens is 208 g/mol. The van der Waals surface area contributed by atoms with E-state index in [0.29, 0.717) is 5.56 Å². The lowest BCUT2D eigenvalue weighted by molar-refractivity contribution is -0.151. The molecule has 1 N–H and O–H groups in total. The van der Waals surface area contributed by atoms with Gasteiger partial charge in [-0.1, -0.05) is 30.3 Å². The zero-order chi connectivity index (χ0) is 12.2. The van der Waals surface area contributed by atoms with Crippen molar-refractivity contribution in [2.75, 3.05) is 6.61 Å². The van der Waals surface area contributed by atoms with Gasteiger partial charge in [0.25, 0.3) is 0 Å². The highest BCUT2D eigenvalue weighted by molar-refractivity contribution is 5.81. The number of hydrogen-bond acceptors (Lipinski definition) is 3. The number of carbonyl (C=O) groups is 2. The molecule has 0 unspecified atom stereocenters. The highest BCUT2D eigenvalue weighted by Gasteiger charge is 2.36. The molecule has 86 valence electrons. The third-order valence-electron chi connectivity index (χ3n) is 2.45. The molecule has 0 aliphatic carbocycles. The first kappa shape index (κ1) is 12.2. The molecule has 0 radical (unpaired) electrons. The zero-order valence-electron chi connectivity index (χ0n) is 9.27. The van der Waals surface area contributed by atoms with Crippen LogP contribution in [0.4, 0.5) is 0 Å². The molecule has 16 heavy (non-hydrogen) atoms. The maximum atomic E-state index is 11.2. The number of carboxylic acids is 1. The van der Waals surface area contributed by atoms with Crippen LogP contribution in [-0.2, 0) is 19.7 Å². The Kier molecular flexibility index (Phi) is 3.66. The van der Waals surface area contributed by atoms with Gasteiger partial charge < -0.3 is 9.84 Å². The molecule has 0 amide bonds. The molecule has 1 aromatic carbocycles. The molecule has 0 bridgehead atoms. The van der Waals surface area contributed by atoms with E-state index in [1.165, 1.54) is 13.8 Å². The van der Waals surface area contributed by atoms with Gasteiger partial charge in [0.15, 0.2) is 0 Å². The van der Waals surface area contributed by atoms with Gasteiger partial charge in [0.2, 0.25) is 0 Å². The van der Waals surface area contributed by atoms with Crippen molar-refractivity contribution >= 4 is 11.9 Å². The van der Waals surface area contributed by atoms with Gasteiger partial charge in [-0.25, -0.2) is 0 Å². The summed E-state index contributed by atoms with van der Waals surface area (Å²) in [5, 5.41) is 9.21. The smallest absolute Gasteiger partial charge is 0.317 e. The van der Waals surface area contributed by atoms with E-state index < -0.39 is 17.4 Å². The summed E-state index contributed by atoms with van der Waals surface area (Å²) in [6, 6.07) is 8.72. The molecule has 1 rings (SSSR count). The average Bonchev–Trinajstić information content (AvgIpc) is 2.26. The monoisotopic (exact) mass is 222 g/mol. The van der Waals surface area contributed by atoms with Crippen LogP contribution in [0, 0.1) is 0 Å². The minimum Gasteiger partial charge on any atom is -0.480 e. The lowest BCUT2D eigenvalue weighted by atomic mass is 9.83. The second-order valence-corrected chi connectivity index (χ2v) is 3.78. The standard InChI is InChI=1S/C12H14O4/c1-9(13)16-8-12(2,11(14)15)10-6-4-3-5-7-10/h3-7H,8H2,1-2H3,(H,14,15)/t12-/m0/s1. The van der Waals surface area contributed by atoms with Gasteiger partial charge in [-0.2, -0.15) is 0 Å². The molecule has 0 aromatic heterocycles. The van der Waals surface area contributed by atoms with Crippen LogP contribution in [0.3, 0.4) is 0 Å². The van der Waals surface area contributed by atoms with Crippen molar-refractivity contribution in [1.82, 2.24) is 0 Å². The van der Waals surface area contributed by atoms with Crippen LogP contribution < -0.4 is 0 Å². The Bertz CT molecular complexity index is 385. The lowest BCUT2D eigenvalue weighted by Gasteiger charge is -2.24. The van der Waals surface area contributed by atoms with Crippen LogP contribution in [0.5, 0.6) is 0 Å². The molecule has 0 spiro atoms. The maximum absolute atomic E-state index is 11.2. The summed E-state index contributed by atoms with van der Waals surface area (Å²) in [5.41, 5.74) is -0.587. The Morgan fingerprint density at radius 1 is 1.31 bits per heavy atom. The van der Waals surface area contributed by atoms with Gasteiger partial charge in [0.05, 0.1) is 0 Å². The Hall–Kier alpha value is -1.84. The van der Waals surface area contributed by atoms with Crippen LogP contribution >= 0.6 is 0 Å². The number of rotatable bonds is 4. The fraction of sp³-hybridized carbons (Fsp3) is 0.333. The molecule has 1 aromatic rings. The maximum Gasteiger partial charge on any atom is 0.317 e. The molecule has 0 aliphatic heterocycles. The van der Waals surface area contributed by atoms with Crippen molar-refractivity contribution in [1.29, 1.82) is 0 Å². The molecule has 4 heteroatoms. The molecule has 4 nitrogen and oxygen atoms in total. The first-order valence-electron chi connectivity index (χ1n) is 4.89. The van der Waals surface area contributed by atoms with E-state index in [9.17, 15) is 14.7 Å². The van der Waals surface area contributed by atoms with Crippen molar-refractivity contribution in [2.24, 2.45) is 0 Å². The van der Waals surface area contributed by atoms with Gasteiger partial charge in [0, 0.05) is 6.92 Å². The average molecular weight is 222 g/mol. The molecule has 0 saturated heterocycles. The molecule has 0 saturated carbocycles. The molecular formula is C12H14O4. The van der Waals surface area contributed by atoms with Gasteiger partial charge in [-0.3, -0.25) is 9.59 Å². The quantitative estimate of drug-likeness (QED) is 0.786. The summed E-state index contributed by atoms with van der Waals surface area (Å²) in [4.78, 5) is 22.0. The molecule has 1 atom stereocenters. The Morgan fingerprint density at radius 3 is 2.31 bits per heavy atom. The third kappa shape index (κ3) is 2.59. The highest BCUT2D eigenvalue weighted by Crippen LogP contribution is 2.24. The number of ether oxygens (including phenoxy) is 1. The van der Waals surface area contributed by atoms with Crippen molar-refractivity contribution in [3.63, 3.8) is 0 Å². The number of carbonyl (C=O) groups excluding carboxylic acids is 1. The van der Waals surface area contributed by atoms with Crippen LogP contribution in [0.2, 0.25) is 0 Å². The van der Waals surface area contributed by atoms with Crippen LogP contribution in [0.15, 0.2) is 30.3 Å². The predicted octanol–water partition coefficient (Wildman–Crippen LogP) is 1.59. The number of aliphatic carboxylic acids is 1. The van der Waals surface area contributed by atoms with Crippen LogP contribution in [-0.4, -0.2) is 23.7 Å². The van der Waals surface area contributed by atoms with E-state index in [4.69, 9.17) is 4.74 Å². The fourth-order valence-corrected chi connectivity index (χ4v) is 1.32. The minimum absolute atomic E-state index is 0.165. The highest BCUT2D eigenvalue weighted by atomic mass is 16.5. The van der Waals surface area contributed by atoms with Gasteiger partial charge >= 0.3 is 11.9 Å². The Labute approximate surface area is 93.9 Å². The summed E-state index contributed by atoms with van der Waals surface area (Å²) >= 11 is 0. The van der Waals surface area contributed by atoms with E-state index in [2.05, 4.69) is 0 Å². The predicted molar refractivity (Wildman–Crippen MR) is 58.1 cm³/mol. The third-order valence-corrected chi connectivity index (χ3v) is 2.45. The van der Waals surface area contributed by atoms with E-state index >= 15 is 0 Å². The summed E-state index contributed by atoms with van der Waals surface area (Å²) in [5.74, 6) is -1.50. The summed E-state index contributed by atoms with van der Waals surface area (Å²) in [6.45, 7) is 2.63. The van der Waals surface area contributed by atoms with Gasteiger partial charge in [0.1, 0.15) is 12.0 Å². The summed E-state index contributed by atoms with van der Waals surface area (Å²) in [7, 11) is 0. The largest absolute Gasteiger partial charge is 0.480 e. The van der Waals surface area contributed by atoms with E-state index in [0.717, 1.165) is 0 Å². The van der Waals surface area contributed by atoms with Crippen LogP contribution in [0.25, 0.3) is 0 Å². The number of hydrogen-bond donors (Lipinski definition) is 1. The Morgan fingerprint density at radius 2 is 1.88 bits per heavy atom. The van der Waals surface area contributed by atoms with Crippen molar-refractivity contribution in [3.8, 4) is 0 Å². The van der Waals surface area contributed by atoms with Gasteiger partial charge in [-0.05, 0) is 12.5 Å². The lowest BCUT2D eigenvalue weighted by Crippen LogP contribution is -2.38. The van der Waals surface area contributed by atoms with Gasteiger partial charge in [-0.15, -0.1) is 0 Å². The van der Waals surface area contributed by atoms with Crippen molar-refractivity contribution in [2.45, 2.75) is 19.3 Å². The van der Waals surface area contributed by atoms with E-state index in [-0.39, 0.29) is 6.61 Å². The Balaban J connectivity index is 2.98. The molecule has 0 heterocycles. The number of benzene rings is 1. The zero-order valence-corrected chi connectivity index (χ0v) is 9.27. The first-order chi connectivity index (χ1) is 7.47. The number of esters is 1. The normalized spacial score (nSPS) is 13.9. The summed E-state index contributed by atoms with van der Waals surface area (Å²) < 4.78 is 4.80. The second kappa shape index (κ2) is 4.79.